The van der Waals surface area contributed by atoms with Gasteiger partial charge in [-0.15, -0.1) is 0 Å². The summed E-state index contributed by atoms with van der Waals surface area (Å²) in [5.41, 5.74) is 13.1. The number of aromatic nitrogens is 3. The molecular weight excluding hydrogens is 571 g/mol. The number of hydrogen-bond donors (Lipinski definition) is 0. The van der Waals surface area contributed by atoms with Gasteiger partial charge >= 0.3 is 0 Å². The van der Waals surface area contributed by atoms with Gasteiger partial charge < -0.3 is 0 Å². The number of pyridine rings is 3. The molecule has 3 aromatic heterocycles. The van der Waals surface area contributed by atoms with Crippen LogP contribution in [0.3, 0.4) is 0 Å². The van der Waals surface area contributed by atoms with Gasteiger partial charge in [0.05, 0.1) is 33.6 Å². The zero-order chi connectivity index (χ0) is 31.7. The van der Waals surface area contributed by atoms with Crippen molar-refractivity contribution in [3.05, 3.63) is 175 Å². The van der Waals surface area contributed by atoms with Crippen molar-refractivity contribution in [3.8, 4) is 33.8 Å². The molecule has 0 bridgehead atoms. The van der Waals surface area contributed by atoms with Crippen molar-refractivity contribution in [1.29, 1.82) is 0 Å². The maximum Gasteiger partial charge on any atom is 0.0972 e. The third-order valence-electron chi connectivity index (χ3n) is 8.81. The lowest BCUT2D eigenvalue weighted by atomic mass is 10.00. The fraction of sp³-hybridized carbons (Fsp3) is 0.0227. The van der Waals surface area contributed by atoms with Gasteiger partial charge in [-0.2, -0.15) is 0 Å². The number of nitrogens with zero attached hydrogens (tertiary/aromatic N) is 3. The number of rotatable bonds is 6. The molecule has 0 fully saturated rings. The lowest BCUT2D eigenvalue weighted by Gasteiger charge is -2.10. The first kappa shape index (κ1) is 28.3. The standard InChI is InChI=1S/C44H31N3/c1-29(31-10-5-3-6-11-31)16-17-32-18-19-34-22-26-40(45-42(34)30(32)2)37-14-9-15-38(28-37)41-27-24-36-21-20-35-23-25-39(33-12-7-4-8-13-33)46-43(35)44(36)47-41/h3-28H,1H2,2H3/b17-16-. The summed E-state index contributed by atoms with van der Waals surface area (Å²) in [5, 5.41) is 3.26. The van der Waals surface area contributed by atoms with E-state index in [2.05, 4.69) is 135 Å². The number of aryl methyl sites for hydroxylation is 1. The number of hydrogen-bond acceptors (Lipinski definition) is 3. The van der Waals surface area contributed by atoms with E-state index in [0.717, 1.165) is 88.7 Å². The third-order valence-corrected chi connectivity index (χ3v) is 8.81. The molecule has 8 aromatic rings. The molecule has 3 heteroatoms. The Morgan fingerprint density at radius 2 is 0.957 bits per heavy atom. The molecule has 0 aliphatic carbocycles. The van der Waals surface area contributed by atoms with E-state index in [1.54, 1.807) is 0 Å². The van der Waals surface area contributed by atoms with E-state index in [1.165, 1.54) is 0 Å². The normalized spacial score (nSPS) is 11.5. The highest BCUT2D eigenvalue weighted by Gasteiger charge is 2.11. The Hall–Kier alpha value is -6.19. The molecule has 0 spiro atoms. The average Bonchev–Trinajstić information content (AvgIpc) is 3.14. The molecule has 3 nitrogen and oxygen atoms in total. The molecule has 222 valence electrons. The lowest BCUT2D eigenvalue weighted by molar-refractivity contribution is 1.34. The fourth-order valence-corrected chi connectivity index (χ4v) is 6.16. The maximum atomic E-state index is 5.18. The van der Waals surface area contributed by atoms with Crippen LogP contribution in [-0.2, 0) is 0 Å². The summed E-state index contributed by atoms with van der Waals surface area (Å²) < 4.78 is 0. The van der Waals surface area contributed by atoms with Crippen molar-refractivity contribution in [2.75, 3.05) is 0 Å². The molecule has 0 atom stereocenters. The van der Waals surface area contributed by atoms with Gasteiger partial charge in [-0.25, -0.2) is 15.0 Å². The molecule has 8 rings (SSSR count). The van der Waals surface area contributed by atoms with Crippen LogP contribution in [0.4, 0.5) is 0 Å². The Morgan fingerprint density at radius 3 is 1.57 bits per heavy atom. The molecule has 0 N–H and O–H groups in total. The summed E-state index contributed by atoms with van der Waals surface area (Å²) in [4.78, 5) is 15.4. The highest BCUT2D eigenvalue weighted by Crippen LogP contribution is 2.31. The van der Waals surface area contributed by atoms with Crippen LogP contribution in [0.15, 0.2) is 158 Å². The average molecular weight is 602 g/mol. The van der Waals surface area contributed by atoms with Crippen molar-refractivity contribution in [1.82, 2.24) is 15.0 Å². The second-order valence-electron chi connectivity index (χ2n) is 11.8. The molecule has 47 heavy (non-hydrogen) atoms. The van der Waals surface area contributed by atoms with E-state index in [4.69, 9.17) is 15.0 Å². The summed E-state index contributed by atoms with van der Waals surface area (Å²) in [5.74, 6) is 0. The SMILES string of the molecule is C=C(/C=C\c1ccc2ccc(-c3cccc(-c4ccc5ccc6ccc(-c7ccccc7)nc6c5n4)c3)nc2c1C)c1ccccc1. The number of allylic oxidation sites excluding steroid dienone is 2. The summed E-state index contributed by atoms with van der Waals surface area (Å²) in [7, 11) is 0. The molecule has 0 saturated heterocycles. The van der Waals surface area contributed by atoms with Crippen molar-refractivity contribution in [3.63, 3.8) is 0 Å². The Morgan fingerprint density at radius 1 is 0.489 bits per heavy atom. The predicted octanol–water partition coefficient (Wildman–Crippen LogP) is 11.4. The molecule has 0 aliphatic rings. The monoisotopic (exact) mass is 601 g/mol. The van der Waals surface area contributed by atoms with Gasteiger partial charge in [0.25, 0.3) is 0 Å². The second kappa shape index (κ2) is 12.0. The van der Waals surface area contributed by atoms with Crippen LogP contribution in [0.2, 0.25) is 0 Å². The van der Waals surface area contributed by atoms with E-state index in [0.29, 0.717) is 0 Å². The first-order valence-corrected chi connectivity index (χ1v) is 15.8. The lowest BCUT2D eigenvalue weighted by Crippen LogP contribution is -1.92. The second-order valence-corrected chi connectivity index (χ2v) is 11.8. The first-order valence-electron chi connectivity index (χ1n) is 15.8. The molecule has 5 aromatic carbocycles. The zero-order valence-corrected chi connectivity index (χ0v) is 26.1. The molecule has 0 radical (unpaired) electrons. The van der Waals surface area contributed by atoms with Gasteiger partial charge in [-0.1, -0.05) is 140 Å². The summed E-state index contributed by atoms with van der Waals surface area (Å²) in [6.45, 7) is 6.40. The summed E-state index contributed by atoms with van der Waals surface area (Å²) >= 11 is 0. The molecule has 0 saturated carbocycles. The van der Waals surface area contributed by atoms with Gasteiger partial charge in [0.15, 0.2) is 0 Å². The van der Waals surface area contributed by atoms with Crippen LogP contribution in [0.25, 0.3) is 78.1 Å². The van der Waals surface area contributed by atoms with E-state index in [9.17, 15) is 0 Å². The summed E-state index contributed by atoms with van der Waals surface area (Å²) in [6, 6.07) is 50.3. The third kappa shape index (κ3) is 5.49. The first-order chi connectivity index (χ1) is 23.1. The van der Waals surface area contributed by atoms with E-state index >= 15 is 0 Å². The van der Waals surface area contributed by atoms with E-state index < -0.39 is 0 Å². The summed E-state index contributed by atoms with van der Waals surface area (Å²) in [6.07, 6.45) is 4.21. The van der Waals surface area contributed by atoms with Crippen molar-refractivity contribution in [2.45, 2.75) is 6.92 Å². The van der Waals surface area contributed by atoms with Crippen molar-refractivity contribution in [2.24, 2.45) is 0 Å². The quantitative estimate of drug-likeness (QED) is 0.141. The van der Waals surface area contributed by atoms with Crippen molar-refractivity contribution >= 4 is 44.4 Å². The molecule has 3 heterocycles. The van der Waals surface area contributed by atoms with E-state index in [-0.39, 0.29) is 0 Å². The van der Waals surface area contributed by atoms with Gasteiger partial charge in [0.2, 0.25) is 0 Å². The van der Waals surface area contributed by atoms with Crippen LogP contribution < -0.4 is 0 Å². The molecule has 0 aliphatic heterocycles. The highest BCUT2D eigenvalue weighted by atomic mass is 14.8. The van der Waals surface area contributed by atoms with Crippen LogP contribution in [0, 0.1) is 6.92 Å². The topological polar surface area (TPSA) is 38.7 Å². The zero-order valence-electron chi connectivity index (χ0n) is 26.1. The largest absolute Gasteiger partial charge is 0.247 e. The minimum Gasteiger partial charge on any atom is -0.247 e. The minimum absolute atomic E-state index is 0.901. The maximum absolute atomic E-state index is 5.18. The predicted molar refractivity (Wildman–Crippen MR) is 198 cm³/mol. The smallest absolute Gasteiger partial charge is 0.0972 e. The molecular formula is C44H31N3. The van der Waals surface area contributed by atoms with Gasteiger partial charge in [0.1, 0.15) is 0 Å². The fourth-order valence-electron chi connectivity index (χ4n) is 6.16. The van der Waals surface area contributed by atoms with E-state index in [1.807, 2.05) is 36.4 Å². The van der Waals surface area contributed by atoms with Crippen LogP contribution in [0.1, 0.15) is 16.7 Å². The number of fused-ring (bicyclic) bond motifs is 4. The Labute approximate surface area is 274 Å². The van der Waals surface area contributed by atoms with Crippen LogP contribution >= 0.6 is 0 Å². The molecule has 0 amide bonds. The minimum atomic E-state index is 0.901. The number of benzene rings is 5. The Balaban J connectivity index is 1.15. The van der Waals surface area contributed by atoms with Crippen LogP contribution in [0.5, 0.6) is 0 Å². The van der Waals surface area contributed by atoms with Crippen LogP contribution in [-0.4, -0.2) is 15.0 Å². The Kier molecular flexibility index (Phi) is 7.20. The molecule has 0 unspecified atom stereocenters. The highest BCUT2D eigenvalue weighted by molar-refractivity contribution is 6.04. The van der Waals surface area contributed by atoms with Gasteiger partial charge in [-0.05, 0) is 53.5 Å². The van der Waals surface area contributed by atoms with Gasteiger partial charge in [0, 0.05) is 32.8 Å². The Bertz CT molecular complexity index is 2480. The van der Waals surface area contributed by atoms with Crippen molar-refractivity contribution < 1.29 is 0 Å². The van der Waals surface area contributed by atoms with Gasteiger partial charge in [-0.3, -0.25) is 0 Å².